The zero-order valence-corrected chi connectivity index (χ0v) is 18.7. The highest BCUT2D eigenvalue weighted by molar-refractivity contribution is 7.84. The van der Waals surface area contributed by atoms with E-state index in [1.165, 1.54) is 0 Å². The third kappa shape index (κ3) is 4.86. The molecule has 0 radical (unpaired) electrons. The van der Waals surface area contributed by atoms with Gasteiger partial charge in [0.25, 0.3) is 0 Å². The van der Waals surface area contributed by atoms with Crippen molar-refractivity contribution >= 4 is 55.0 Å². The van der Waals surface area contributed by atoms with E-state index in [0.29, 0.717) is 5.92 Å². The predicted octanol–water partition coefficient (Wildman–Crippen LogP) is 6.97. The highest BCUT2D eigenvalue weighted by atomic mass is 32.1. The zero-order valence-electron chi connectivity index (χ0n) is 15.2. The van der Waals surface area contributed by atoms with Crippen molar-refractivity contribution in [3.8, 4) is 0 Å². The molecule has 0 aliphatic heterocycles. The molecule has 0 aromatic heterocycles. The summed E-state index contributed by atoms with van der Waals surface area (Å²) in [5.74, 6) is 0.388. The summed E-state index contributed by atoms with van der Waals surface area (Å²) in [7, 11) is 0. The summed E-state index contributed by atoms with van der Waals surface area (Å²) in [6, 6.07) is 6.01. The van der Waals surface area contributed by atoms with Gasteiger partial charge < -0.3 is 0 Å². The van der Waals surface area contributed by atoms with Crippen LogP contribution in [0.3, 0.4) is 0 Å². The van der Waals surface area contributed by atoms with Gasteiger partial charge in [0.15, 0.2) is 0 Å². The largest absolute Gasteiger partial charge is 0.144 e. The monoisotopic (exact) mass is 416 g/mol. The first-order valence-electron chi connectivity index (χ1n) is 8.46. The second-order valence-electron chi connectivity index (χ2n) is 6.46. The minimum absolute atomic E-state index is 0.388. The van der Waals surface area contributed by atoms with Crippen molar-refractivity contribution in [2.24, 2.45) is 5.92 Å². The van der Waals surface area contributed by atoms with Gasteiger partial charge in [-0.15, -0.1) is 37.9 Å². The SMILES string of the molecule is C/C=C(S)\C=C/C(=S)C(C)(C1=CC=CC(C)C=C1)c1ccc(S)cc1S. The molecule has 0 saturated carbocycles. The van der Waals surface area contributed by atoms with Gasteiger partial charge in [0.1, 0.15) is 0 Å². The number of hydrogen-bond acceptors (Lipinski definition) is 4. The molecule has 0 saturated heterocycles. The Morgan fingerprint density at radius 1 is 1.19 bits per heavy atom. The van der Waals surface area contributed by atoms with E-state index in [1.807, 2.05) is 37.3 Å². The zero-order chi connectivity index (χ0) is 19.3. The van der Waals surface area contributed by atoms with Crippen molar-refractivity contribution < 1.29 is 0 Å². The van der Waals surface area contributed by atoms with E-state index in [4.69, 9.17) is 24.8 Å². The molecule has 1 aliphatic carbocycles. The first-order valence-corrected chi connectivity index (χ1v) is 10.2. The van der Waals surface area contributed by atoms with Crippen LogP contribution in [0.25, 0.3) is 0 Å². The molecule has 2 atom stereocenters. The first kappa shape index (κ1) is 21.4. The van der Waals surface area contributed by atoms with E-state index in [0.717, 1.165) is 30.7 Å². The number of thiocarbonyl (C=S) groups is 1. The van der Waals surface area contributed by atoms with Gasteiger partial charge in [-0.3, -0.25) is 0 Å². The molecular weight excluding hydrogens is 393 g/mol. The fourth-order valence-corrected chi connectivity index (χ4v) is 3.95. The molecule has 136 valence electrons. The molecule has 26 heavy (non-hydrogen) atoms. The number of allylic oxidation sites excluding steroid dienone is 9. The maximum atomic E-state index is 5.88. The molecule has 2 rings (SSSR count). The van der Waals surface area contributed by atoms with Crippen LogP contribution in [0.15, 0.2) is 87.1 Å². The van der Waals surface area contributed by atoms with Crippen LogP contribution in [0.1, 0.15) is 26.3 Å². The lowest BCUT2D eigenvalue weighted by Gasteiger charge is -2.33. The molecule has 1 aromatic rings. The number of hydrogen-bond donors (Lipinski definition) is 3. The molecule has 0 fully saturated rings. The van der Waals surface area contributed by atoms with Crippen LogP contribution in [0.2, 0.25) is 0 Å². The average Bonchev–Trinajstić information content (AvgIpc) is 2.83. The average molecular weight is 417 g/mol. The summed E-state index contributed by atoms with van der Waals surface area (Å²) in [5.41, 5.74) is 1.71. The molecule has 1 aromatic carbocycles. The van der Waals surface area contributed by atoms with Crippen LogP contribution in [0.4, 0.5) is 0 Å². The van der Waals surface area contributed by atoms with Crippen LogP contribution < -0.4 is 0 Å². The lowest BCUT2D eigenvalue weighted by Crippen LogP contribution is -2.32. The van der Waals surface area contributed by atoms with Crippen LogP contribution in [-0.2, 0) is 5.41 Å². The normalized spacial score (nSPS) is 20.0. The molecule has 4 heteroatoms. The van der Waals surface area contributed by atoms with E-state index < -0.39 is 5.41 Å². The van der Waals surface area contributed by atoms with Crippen LogP contribution >= 0.6 is 50.1 Å². The third-order valence-corrected chi connectivity index (χ3v) is 6.16. The fraction of sp³-hybridized carbons (Fsp3) is 0.227. The van der Waals surface area contributed by atoms with Crippen molar-refractivity contribution in [1.29, 1.82) is 0 Å². The Kier molecular flexibility index (Phi) is 7.65. The molecule has 2 unspecified atom stereocenters. The summed E-state index contributed by atoms with van der Waals surface area (Å²) in [4.78, 5) is 3.45. The summed E-state index contributed by atoms with van der Waals surface area (Å²) in [6.07, 6.45) is 16.6. The number of benzene rings is 1. The minimum Gasteiger partial charge on any atom is -0.144 e. The summed E-state index contributed by atoms with van der Waals surface area (Å²) < 4.78 is 0. The van der Waals surface area contributed by atoms with Gasteiger partial charge in [-0.05, 0) is 60.1 Å². The van der Waals surface area contributed by atoms with Crippen LogP contribution in [-0.4, -0.2) is 4.86 Å². The summed E-state index contributed by atoms with van der Waals surface area (Å²) in [6.45, 7) is 6.27. The lowest BCUT2D eigenvalue weighted by atomic mass is 9.72. The molecule has 0 nitrogen and oxygen atoms in total. The number of thiol groups is 3. The Balaban J connectivity index is 2.63. The van der Waals surface area contributed by atoms with E-state index in [-0.39, 0.29) is 0 Å². The number of rotatable bonds is 5. The topological polar surface area (TPSA) is 0 Å². The van der Waals surface area contributed by atoms with Gasteiger partial charge in [0.2, 0.25) is 0 Å². The van der Waals surface area contributed by atoms with Gasteiger partial charge in [0.05, 0.1) is 5.41 Å². The lowest BCUT2D eigenvalue weighted by molar-refractivity contribution is 0.763. The van der Waals surface area contributed by atoms with Gasteiger partial charge in [-0.2, -0.15) is 0 Å². The molecule has 0 N–H and O–H groups in total. The van der Waals surface area contributed by atoms with Crippen molar-refractivity contribution in [3.05, 3.63) is 82.8 Å². The second kappa shape index (κ2) is 9.32. The van der Waals surface area contributed by atoms with Gasteiger partial charge in [-0.25, -0.2) is 0 Å². The first-order chi connectivity index (χ1) is 12.3. The fourth-order valence-electron chi connectivity index (χ4n) is 2.84. The minimum atomic E-state index is -0.489. The molecule has 0 spiro atoms. The maximum absolute atomic E-state index is 5.88. The van der Waals surface area contributed by atoms with Gasteiger partial charge in [0, 0.05) is 14.7 Å². The standard InChI is InChI=1S/C22H24S4/c1-4-17(23)11-13-21(26)22(3,16-7-5-6-15(2)8-9-16)19-12-10-18(24)14-20(19)25/h4-15,23-25H,1-3H3/b13-11-,17-4+. The van der Waals surface area contributed by atoms with Crippen molar-refractivity contribution in [3.63, 3.8) is 0 Å². The Morgan fingerprint density at radius 3 is 2.58 bits per heavy atom. The quantitative estimate of drug-likeness (QED) is 0.202. The van der Waals surface area contributed by atoms with Crippen LogP contribution in [0, 0.1) is 5.92 Å². The molecule has 0 bridgehead atoms. The summed E-state index contributed by atoms with van der Waals surface area (Å²) >= 11 is 19.5. The Bertz CT molecular complexity index is 840. The molecule has 0 amide bonds. The molecule has 1 aliphatic rings. The predicted molar refractivity (Wildman–Crippen MR) is 128 cm³/mol. The molecule has 0 heterocycles. The highest BCUT2D eigenvalue weighted by Crippen LogP contribution is 2.40. The van der Waals surface area contributed by atoms with Crippen molar-refractivity contribution in [2.45, 2.75) is 36.0 Å². The Labute approximate surface area is 179 Å². The smallest absolute Gasteiger partial charge is 0.0536 e. The van der Waals surface area contributed by atoms with Crippen LogP contribution in [0.5, 0.6) is 0 Å². The maximum Gasteiger partial charge on any atom is 0.0536 e. The van der Waals surface area contributed by atoms with Crippen molar-refractivity contribution in [2.75, 3.05) is 0 Å². The van der Waals surface area contributed by atoms with Crippen molar-refractivity contribution in [1.82, 2.24) is 0 Å². The van der Waals surface area contributed by atoms with Gasteiger partial charge in [-0.1, -0.05) is 61.7 Å². The van der Waals surface area contributed by atoms with Gasteiger partial charge >= 0.3 is 0 Å². The van der Waals surface area contributed by atoms with E-state index in [1.54, 1.807) is 0 Å². The third-order valence-electron chi connectivity index (χ3n) is 4.56. The second-order valence-corrected chi connectivity index (χ2v) is 8.42. The Hall–Kier alpha value is -0.940. The molecular formula is C22H24S4. The Morgan fingerprint density at radius 2 is 1.92 bits per heavy atom. The van der Waals surface area contributed by atoms with E-state index in [9.17, 15) is 0 Å². The van der Waals surface area contributed by atoms with E-state index in [2.05, 4.69) is 75.6 Å². The highest BCUT2D eigenvalue weighted by Gasteiger charge is 2.35. The summed E-state index contributed by atoms with van der Waals surface area (Å²) in [5, 5.41) is 0. The van der Waals surface area contributed by atoms with E-state index >= 15 is 0 Å².